The first kappa shape index (κ1) is 28.4. The monoisotopic (exact) mass is 615 g/mol. The summed E-state index contributed by atoms with van der Waals surface area (Å²) in [5.74, 6) is -3.94. The average Bonchev–Trinajstić information content (AvgIpc) is 3.24. The van der Waals surface area contributed by atoms with E-state index in [0.717, 1.165) is 28.3 Å². The molecule has 1 aliphatic heterocycles. The summed E-state index contributed by atoms with van der Waals surface area (Å²) in [5, 5.41) is 13.3. The molecule has 4 aromatic rings. The van der Waals surface area contributed by atoms with E-state index in [1.807, 2.05) is 18.2 Å². The van der Waals surface area contributed by atoms with Gasteiger partial charge in [-0.15, -0.1) is 12.4 Å². The summed E-state index contributed by atoms with van der Waals surface area (Å²) in [6, 6.07) is 12.9. The molecular weight excluding hydrogens is 595 g/mol. The molecule has 0 unspecified atom stereocenters. The lowest BCUT2D eigenvalue weighted by Crippen LogP contribution is -2.34. The van der Waals surface area contributed by atoms with E-state index in [4.69, 9.17) is 0 Å². The van der Waals surface area contributed by atoms with Gasteiger partial charge in [0.05, 0.1) is 17.1 Å². The predicted molar refractivity (Wildman–Crippen MR) is 148 cm³/mol. The van der Waals surface area contributed by atoms with Crippen LogP contribution in [0, 0.1) is 28.8 Å². The molecule has 0 fully saturated rings. The number of carbonyl (C=O) groups excluding carboxylic acids is 1. The zero-order valence-corrected chi connectivity index (χ0v) is 22.8. The number of carbonyl (C=O) groups is 1. The smallest absolute Gasteiger partial charge is 0.326 e. The maximum absolute atomic E-state index is 14.0. The van der Waals surface area contributed by atoms with Crippen molar-refractivity contribution in [2.24, 2.45) is 0 Å². The fourth-order valence-electron chi connectivity index (χ4n) is 4.68. The largest absolute Gasteiger partial charge is 0.333 e. The molecule has 200 valence electrons. The van der Waals surface area contributed by atoms with Gasteiger partial charge in [-0.2, -0.15) is 5.26 Å². The van der Waals surface area contributed by atoms with Crippen LogP contribution in [0.2, 0.25) is 0 Å². The van der Waals surface area contributed by atoms with Crippen LogP contribution in [0.3, 0.4) is 0 Å². The Morgan fingerprint density at radius 1 is 1.15 bits per heavy atom. The second kappa shape index (κ2) is 12.0. The molecule has 2 aromatic heterocycles. The summed E-state index contributed by atoms with van der Waals surface area (Å²) in [5.41, 5.74) is 3.82. The Balaban J connectivity index is 0.00000353. The lowest BCUT2D eigenvalue weighted by atomic mass is 10.0. The first-order valence-electron chi connectivity index (χ1n) is 11.8. The van der Waals surface area contributed by atoms with Gasteiger partial charge >= 0.3 is 6.03 Å². The highest BCUT2D eigenvalue weighted by Gasteiger charge is 2.26. The normalized spacial score (nSPS) is 13.2. The second-order valence-corrected chi connectivity index (χ2v) is 9.71. The molecule has 2 aromatic carbocycles. The molecular formula is C28H22BrClF3N5O. The number of nitrogens with one attached hydrogen (secondary N) is 1. The Kier molecular flexibility index (Phi) is 8.75. The van der Waals surface area contributed by atoms with E-state index in [-0.39, 0.29) is 24.0 Å². The third kappa shape index (κ3) is 5.86. The van der Waals surface area contributed by atoms with Crippen molar-refractivity contribution >= 4 is 51.3 Å². The number of nitrogens with zero attached hydrogens (tertiary/aromatic N) is 4. The molecule has 11 heteroatoms. The number of fused-ring (bicyclic) bond motifs is 3. The number of nitriles is 1. The number of benzene rings is 2. The first-order valence-corrected chi connectivity index (χ1v) is 12.6. The van der Waals surface area contributed by atoms with Crippen molar-refractivity contribution in [2.45, 2.75) is 19.5 Å². The van der Waals surface area contributed by atoms with Gasteiger partial charge in [-0.25, -0.2) is 22.9 Å². The van der Waals surface area contributed by atoms with Crippen molar-refractivity contribution in [1.82, 2.24) is 19.8 Å². The highest BCUT2D eigenvalue weighted by Crippen LogP contribution is 2.32. The fourth-order valence-corrected chi connectivity index (χ4v) is 5.09. The van der Waals surface area contributed by atoms with Gasteiger partial charge in [0.2, 0.25) is 0 Å². The van der Waals surface area contributed by atoms with Gasteiger partial charge in [0.1, 0.15) is 4.60 Å². The summed E-state index contributed by atoms with van der Waals surface area (Å²) < 4.78 is 43.0. The Hall–Kier alpha value is -3.65. The zero-order chi connectivity index (χ0) is 26.8. The summed E-state index contributed by atoms with van der Waals surface area (Å²) in [4.78, 5) is 19.6. The number of hydrogen-bond donors (Lipinski definition) is 1. The van der Waals surface area contributed by atoms with Crippen LogP contribution in [-0.4, -0.2) is 33.6 Å². The summed E-state index contributed by atoms with van der Waals surface area (Å²) in [7, 11) is 0. The third-order valence-electron chi connectivity index (χ3n) is 6.52. The predicted octanol–water partition coefficient (Wildman–Crippen LogP) is 6.34. The summed E-state index contributed by atoms with van der Waals surface area (Å²) in [6.45, 7) is 1.91. The standard InChI is InChI=1S/C28H21BrF3N5O.ClH/c29-25-13-18(7-9-34-25)15-35-28(38)37-23-8-11-36(10-1-2-19-4-6-22(30)27(32)26(19)31)16-21(23)20-5-3-17(14-33)12-24(20)37;/h1-7,9,12-13H,8,10-11,15-16H2,(H,35,38);1H/b2-1+;. The molecule has 0 aliphatic carbocycles. The topological polar surface area (TPSA) is 74.0 Å². The molecule has 6 nitrogen and oxygen atoms in total. The number of halogens is 5. The molecule has 3 heterocycles. The number of pyridine rings is 1. The minimum absolute atomic E-state index is 0. The lowest BCUT2D eigenvalue weighted by molar-refractivity contribution is 0.240. The van der Waals surface area contributed by atoms with Crippen molar-refractivity contribution in [3.63, 3.8) is 0 Å². The molecule has 1 N–H and O–H groups in total. The molecule has 1 amide bonds. The van der Waals surface area contributed by atoms with Gasteiger partial charge in [-0.1, -0.05) is 18.2 Å². The number of rotatable bonds is 5. The second-order valence-electron chi connectivity index (χ2n) is 8.90. The molecule has 0 bridgehead atoms. The Morgan fingerprint density at radius 3 is 2.74 bits per heavy atom. The van der Waals surface area contributed by atoms with Gasteiger partial charge in [0.15, 0.2) is 17.5 Å². The Labute approximate surface area is 237 Å². The van der Waals surface area contributed by atoms with E-state index in [1.165, 1.54) is 12.1 Å². The van der Waals surface area contributed by atoms with Gasteiger partial charge in [0.25, 0.3) is 0 Å². The Morgan fingerprint density at radius 2 is 1.97 bits per heavy atom. The van der Waals surface area contributed by atoms with Crippen molar-refractivity contribution in [3.05, 3.63) is 105 Å². The molecule has 0 saturated carbocycles. The van der Waals surface area contributed by atoms with Crippen molar-refractivity contribution in [1.29, 1.82) is 5.26 Å². The van der Waals surface area contributed by atoms with Crippen LogP contribution in [0.4, 0.5) is 18.0 Å². The minimum atomic E-state index is -1.49. The van der Waals surface area contributed by atoms with Crippen LogP contribution in [0.15, 0.2) is 59.3 Å². The van der Waals surface area contributed by atoms with Crippen LogP contribution in [-0.2, 0) is 19.5 Å². The number of aromatic nitrogens is 2. The molecule has 0 saturated heterocycles. The highest BCUT2D eigenvalue weighted by atomic mass is 79.9. The molecule has 0 atom stereocenters. The molecule has 5 rings (SSSR count). The molecule has 0 spiro atoms. The number of amides is 1. The maximum atomic E-state index is 14.0. The average molecular weight is 617 g/mol. The van der Waals surface area contributed by atoms with E-state index in [0.29, 0.717) is 48.3 Å². The fraction of sp³-hybridized carbons (Fsp3) is 0.179. The lowest BCUT2D eigenvalue weighted by Gasteiger charge is -2.27. The van der Waals surface area contributed by atoms with Crippen LogP contribution in [0.5, 0.6) is 0 Å². The summed E-state index contributed by atoms with van der Waals surface area (Å²) >= 11 is 3.33. The van der Waals surface area contributed by atoms with E-state index in [2.05, 4.69) is 37.2 Å². The third-order valence-corrected chi connectivity index (χ3v) is 6.96. The van der Waals surface area contributed by atoms with Gasteiger partial charge < -0.3 is 5.32 Å². The SMILES string of the molecule is Cl.N#Cc1ccc2c3c(n(C(=O)NCc4ccnc(Br)c4)c2c1)CCN(C/C=C/c1ccc(F)c(F)c1F)C3. The van der Waals surface area contributed by atoms with E-state index in [1.54, 1.807) is 29.0 Å². The Bertz CT molecular complexity index is 1630. The van der Waals surface area contributed by atoms with E-state index >= 15 is 0 Å². The van der Waals surface area contributed by atoms with Gasteiger partial charge in [-0.05, 0) is 63.5 Å². The maximum Gasteiger partial charge on any atom is 0.326 e. The van der Waals surface area contributed by atoms with Crippen LogP contribution in [0.1, 0.15) is 27.9 Å². The molecule has 1 aliphatic rings. The quantitative estimate of drug-likeness (QED) is 0.210. The van der Waals surface area contributed by atoms with E-state index < -0.39 is 17.5 Å². The van der Waals surface area contributed by atoms with Crippen molar-refractivity contribution in [3.8, 4) is 6.07 Å². The van der Waals surface area contributed by atoms with Crippen LogP contribution in [0.25, 0.3) is 17.0 Å². The molecule has 39 heavy (non-hydrogen) atoms. The first-order chi connectivity index (χ1) is 18.4. The summed E-state index contributed by atoms with van der Waals surface area (Å²) in [6.07, 6.45) is 5.36. The van der Waals surface area contributed by atoms with Gasteiger partial charge in [-0.3, -0.25) is 9.47 Å². The van der Waals surface area contributed by atoms with E-state index in [9.17, 15) is 23.2 Å². The van der Waals surface area contributed by atoms with Crippen molar-refractivity contribution in [2.75, 3.05) is 13.1 Å². The number of hydrogen-bond acceptors (Lipinski definition) is 4. The zero-order valence-electron chi connectivity index (χ0n) is 20.4. The van der Waals surface area contributed by atoms with Crippen molar-refractivity contribution < 1.29 is 18.0 Å². The highest BCUT2D eigenvalue weighted by molar-refractivity contribution is 9.10. The molecule has 0 radical (unpaired) electrons. The minimum Gasteiger partial charge on any atom is -0.333 e. The van der Waals surface area contributed by atoms with Gasteiger partial charge in [0, 0.05) is 55.4 Å². The van der Waals surface area contributed by atoms with Crippen LogP contribution >= 0.6 is 28.3 Å². The van der Waals surface area contributed by atoms with Crippen LogP contribution < -0.4 is 5.32 Å².